The summed E-state index contributed by atoms with van der Waals surface area (Å²) in [6.07, 6.45) is 1.55. The van der Waals surface area contributed by atoms with Gasteiger partial charge in [-0.05, 0) is 24.3 Å². The van der Waals surface area contributed by atoms with Crippen molar-refractivity contribution in [2.75, 3.05) is 26.3 Å². The highest BCUT2D eigenvalue weighted by molar-refractivity contribution is 5.95. The highest BCUT2D eigenvalue weighted by Gasteiger charge is 2.19. The molecular formula is C22H19N6O2. The molecule has 1 aliphatic heterocycles. The van der Waals surface area contributed by atoms with Crippen molar-refractivity contribution < 1.29 is 9.53 Å². The number of imidazole rings is 1. The summed E-state index contributed by atoms with van der Waals surface area (Å²) in [5.41, 5.74) is 12.2. The number of benzene rings is 2. The van der Waals surface area contributed by atoms with Crippen molar-refractivity contribution in [1.29, 1.82) is 0 Å². The van der Waals surface area contributed by atoms with E-state index in [9.17, 15) is 4.79 Å². The van der Waals surface area contributed by atoms with Crippen molar-refractivity contribution in [2.24, 2.45) is 0 Å². The number of aromatic amines is 1. The SMILES string of the molecule is [NH]c1ncc(-c2cccc(C(=O)N3CCOCC3)c2)nc1-c1nc2ccccc2[nH]1. The van der Waals surface area contributed by atoms with Crippen LogP contribution in [0.15, 0.2) is 54.7 Å². The molecule has 0 aliphatic carbocycles. The first-order valence-electron chi connectivity index (χ1n) is 9.70. The molecule has 2 aromatic heterocycles. The molecule has 0 spiro atoms. The zero-order valence-electron chi connectivity index (χ0n) is 16.1. The molecule has 1 saturated heterocycles. The fourth-order valence-corrected chi connectivity index (χ4v) is 3.52. The van der Waals surface area contributed by atoms with E-state index < -0.39 is 0 Å². The zero-order valence-corrected chi connectivity index (χ0v) is 16.1. The van der Waals surface area contributed by atoms with E-state index in [1.807, 2.05) is 42.5 Å². The van der Waals surface area contributed by atoms with Gasteiger partial charge in [0.15, 0.2) is 17.3 Å². The van der Waals surface area contributed by atoms with E-state index in [0.717, 1.165) is 16.6 Å². The van der Waals surface area contributed by atoms with Gasteiger partial charge in [-0.15, -0.1) is 0 Å². The highest BCUT2D eigenvalue weighted by atomic mass is 16.5. The Kier molecular flexibility index (Phi) is 4.61. The number of ether oxygens (including phenoxy) is 1. The normalized spacial score (nSPS) is 14.2. The van der Waals surface area contributed by atoms with E-state index in [4.69, 9.17) is 10.5 Å². The van der Waals surface area contributed by atoms with E-state index in [1.54, 1.807) is 17.2 Å². The van der Waals surface area contributed by atoms with Gasteiger partial charge in [0.25, 0.3) is 5.91 Å². The molecule has 149 valence electrons. The first kappa shape index (κ1) is 18.3. The lowest BCUT2D eigenvalue weighted by Gasteiger charge is -2.27. The molecule has 30 heavy (non-hydrogen) atoms. The maximum absolute atomic E-state index is 12.8. The molecule has 0 atom stereocenters. The van der Waals surface area contributed by atoms with Crippen LogP contribution < -0.4 is 5.73 Å². The van der Waals surface area contributed by atoms with Crippen LogP contribution in [0.1, 0.15) is 10.4 Å². The van der Waals surface area contributed by atoms with Gasteiger partial charge in [0.2, 0.25) is 0 Å². The molecule has 2 aromatic carbocycles. The molecule has 5 rings (SSSR count). The molecule has 8 nitrogen and oxygen atoms in total. The van der Waals surface area contributed by atoms with Gasteiger partial charge in [-0.1, -0.05) is 24.3 Å². The van der Waals surface area contributed by atoms with Crippen LogP contribution in [0.4, 0.5) is 5.82 Å². The van der Waals surface area contributed by atoms with Crippen molar-refractivity contribution in [3.63, 3.8) is 0 Å². The number of nitrogens with one attached hydrogen (secondary N) is 2. The Morgan fingerprint density at radius 3 is 2.73 bits per heavy atom. The van der Waals surface area contributed by atoms with Gasteiger partial charge < -0.3 is 14.6 Å². The second kappa shape index (κ2) is 7.57. The van der Waals surface area contributed by atoms with Crippen molar-refractivity contribution in [1.82, 2.24) is 30.6 Å². The second-order valence-electron chi connectivity index (χ2n) is 7.04. The van der Waals surface area contributed by atoms with Gasteiger partial charge in [0.05, 0.1) is 36.1 Å². The highest BCUT2D eigenvalue weighted by Crippen LogP contribution is 2.27. The lowest BCUT2D eigenvalue weighted by Crippen LogP contribution is -2.40. The average Bonchev–Trinajstić information content (AvgIpc) is 3.23. The monoisotopic (exact) mass is 399 g/mol. The molecule has 0 saturated carbocycles. The summed E-state index contributed by atoms with van der Waals surface area (Å²) in [5, 5.41) is 0. The fraction of sp³-hybridized carbons (Fsp3) is 0.182. The van der Waals surface area contributed by atoms with Crippen LogP contribution in [0, 0.1) is 0 Å². The number of nitrogens with zero attached hydrogens (tertiary/aromatic N) is 4. The van der Waals surface area contributed by atoms with Crippen molar-refractivity contribution >= 4 is 22.8 Å². The summed E-state index contributed by atoms with van der Waals surface area (Å²) in [4.78, 5) is 31.2. The molecule has 0 unspecified atom stereocenters. The van der Waals surface area contributed by atoms with Crippen LogP contribution in [0.25, 0.3) is 33.8 Å². The van der Waals surface area contributed by atoms with E-state index in [1.165, 1.54) is 0 Å². The number of para-hydroxylation sites is 2. The standard InChI is InChI=1S/C22H19N6O2/c23-20-19(21-26-16-6-1-2-7-17(16)27-21)25-18(13-24-20)14-4-3-5-15(12-14)22(29)28-8-10-30-11-9-28/h1-7,12-13,23H,8-11H2,(H,26,27). The maximum Gasteiger partial charge on any atom is 0.254 e. The van der Waals surface area contributed by atoms with Crippen LogP contribution >= 0.6 is 0 Å². The molecule has 0 bridgehead atoms. The van der Waals surface area contributed by atoms with Crippen molar-refractivity contribution in [2.45, 2.75) is 0 Å². The lowest BCUT2D eigenvalue weighted by atomic mass is 10.1. The van der Waals surface area contributed by atoms with Crippen molar-refractivity contribution in [3.8, 4) is 22.8 Å². The predicted molar refractivity (Wildman–Crippen MR) is 112 cm³/mol. The third-order valence-corrected chi connectivity index (χ3v) is 5.09. The minimum atomic E-state index is -0.0253. The number of carbonyl (C=O) groups excluding carboxylic acids is 1. The lowest BCUT2D eigenvalue weighted by molar-refractivity contribution is 0.0303. The topological polar surface area (TPSA) is 108 Å². The van der Waals surface area contributed by atoms with Crippen LogP contribution in [0.2, 0.25) is 0 Å². The van der Waals surface area contributed by atoms with Crippen molar-refractivity contribution in [3.05, 3.63) is 60.3 Å². The van der Waals surface area contributed by atoms with Gasteiger partial charge in [-0.3, -0.25) is 10.5 Å². The van der Waals surface area contributed by atoms with Gasteiger partial charge in [-0.25, -0.2) is 15.0 Å². The molecule has 1 amide bonds. The number of carbonyl (C=O) groups is 1. The number of rotatable bonds is 3. The van der Waals surface area contributed by atoms with Gasteiger partial charge >= 0.3 is 0 Å². The molecule has 1 radical (unpaired) electrons. The number of amides is 1. The number of H-pyrrole nitrogens is 1. The van der Waals surface area contributed by atoms with Gasteiger partial charge in [0.1, 0.15) is 0 Å². The van der Waals surface area contributed by atoms with Crippen LogP contribution in [0.5, 0.6) is 0 Å². The summed E-state index contributed by atoms with van der Waals surface area (Å²) in [5.74, 6) is 0.511. The molecule has 4 aromatic rings. The summed E-state index contributed by atoms with van der Waals surface area (Å²) in [7, 11) is 0. The summed E-state index contributed by atoms with van der Waals surface area (Å²) in [6, 6.07) is 15.0. The smallest absolute Gasteiger partial charge is 0.254 e. The summed E-state index contributed by atoms with van der Waals surface area (Å²) in [6.45, 7) is 2.30. The fourth-order valence-electron chi connectivity index (χ4n) is 3.52. The number of hydrogen-bond acceptors (Lipinski definition) is 5. The Hall–Kier alpha value is -3.78. The first-order chi connectivity index (χ1) is 14.7. The predicted octanol–water partition coefficient (Wildman–Crippen LogP) is 3.07. The van der Waals surface area contributed by atoms with Crippen LogP contribution in [-0.2, 0) is 4.74 Å². The summed E-state index contributed by atoms with van der Waals surface area (Å²) < 4.78 is 5.33. The van der Waals surface area contributed by atoms with E-state index in [0.29, 0.717) is 49.1 Å². The number of aromatic nitrogens is 4. The average molecular weight is 399 g/mol. The molecule has 8 heteroatoms. The Morgan fingerprint density at radius 1 is 1.07 bits per heavy atom. The molecule has 1 fully saturated rings. The minimum absolute atomic E-state index is 0.0253. The largest absolute Gasteiger partial charge is 0.378 e. The summed E-state index contributed by atoms with van der Waals surface area (Å²) >= 11 is 0. The third-order valence-electron chi connectivity index (χ3n) is 5.09. The van der Waals surface area contributed by atoms with E-state index >= 15 is 0 Å². The van der Waals surface area contributed by atoms with Crippen LogP contribution in [0.3, 0.4) is 0 Å². The Morgan fingerprint density at radius 2 is 1.90 bits per heavy atom. The molecular weight excluding hydrogens is 380 g/mol. The first-order valence-corrected chi connectivity index (χ1v) is 9.70. The maximum atomic E-state index is 12.8. The zero-order chi connectivity index (χ0) is 20.5. The minimum Gasteiger partial charge on any atom is -0.378 e. The van der Waals surface area contributed by atoms with Gasteiger partial charge in [0, 0.05) is 24.2 Å². The third kappa shape index (κ3) is 3.37. The van der Waals surface area contributed by atoms with E-state index in [-0.39, 0.29) is 11.7 Å². The van der Waals surface area contributed by atoms with Crippen LogP contribution in [-0.4, -0.2) is 57.0 Å². The van der Waals surface area contributed by atoms with E-state index in [2.05, 4.69) is 19.9 Å². The number of morpholine rings is 1. The Balaban J connectivity index is 1.50. The Bertz CT molecular complexity index is 1200. The molecule has 3 heterocycles. The second-order valence-corrected chi connectivity index (χ2v) is 7.04. The number of hydrogen-bond donors (Lipinski definition) is 1. The quantitative estimate of drug-likeness (QED) is 0.570. The number of fused-ring (bicyclic) bond motifs is 1. The molecule has 1 aliphatic rings. The molecule has 2 N–H and O–H groups in total. The Labute approximate surface area is 172 Å². The van der Waals surface area contributed by atoms with Gasteiger partial charge in [-0.2, -0.15) is 0 Å².